The van der Waals surface area contributed by atoms with Gasteiger partial charge in [0.15, 0.2) is 0 Å². The molecular weight excluding hydrogens is 667 g/mol. The lowest BCUT2D eigenvalue weighted by molar-refractivity contribution is 0.818. The average Bonchev–Trinajstić information content (AvgIpc) is 3.56. The summed E-state index contributed by atoms with van der Waals surface area (Å²) in [7, 11) is 0. The molecule has 0 fully saturated rings. The zero-order chi connectivity index (χ0) is 37.1. The molecule has 3 heteroatoms. The highest BCUT2D eigenvalue weighted by Crippen LogP contribution is 2.44. The Morgan fingerprint density at radius 3 is 2.25 bits per heavy atom. The average molecular weight is 712 g/mol. The second-order valence-corrected chi connectivity index (χ2v) is 14.5. The maximum Gasteiger partial charge on any atom is 0.119 e. The molecule has 9 rings (SSSR count). The van der Waals surface area contributed by atoms with Gasteiger partial charge in [0.1, 0.15) is 5.82 Å². The van der Waals surface area contributed by atoms with Gasteiger partial charge < -0.3 is 5.32 Å². The Bertz CT molecular complexity index is 2650. The topological polar surface area (TPSA) is 29.9 Å². The maximum atomic E-state index is 5.15. The highest BCUT2D eigenvalue weighted by molar-refractivity contribution is 6.08. The van der Waals surface area contributed by atoms with Gasteiger partial charge in [-0.3, -0.25) is 9.55 Å². The van der Waals surface area contributed by atoms with Crippen molar-refractivity contribution in [3.05, 3.63) is 199 Å². The summed E-state index contributed by atoms with van der Waals surface area (Å²) in [6, 6.07) is 31.2. The molecule has 0 spiro atoms. The van der Waals surface area contributed by atoms with Crippen LogP contribution in [-0.2, 0) is 12.8 Å². The fourth-order valence-electron chi connectivity index (χ4n) is 8.58. The van der Waals surface area contributed by atoms with Gasteiger partial charge in [0.25, 0.3) is 0 Å². The van der Waals surface area contributed by atoms with Crippen LogP contribution in [0.5, 0.6) is 0 Å². The van der Waals surface area contributed by atoms with Gasteiger partial charge in [0.2, 0.25) is 0 Å². The Morgan fingerprint density at radius 2 is 1.55 bits per heavy atom. The van der Waals surface area contributed by atoms with E-state index in [4.69, 9.17) is 4.98 Å². The standard InChI is InChI=1S/C52H45N3/c1-3-4-5-9-17-36(2)55-49-32-30-40(34-47(49)46-24-16-33-53-52(46)55)37-25-27-38(28-26-37)48-31-29-41(35-54-48)51-44-21-13-7-6-12-20-42(44)50(39-18-10-8-11-19-39)43-22-14-15-23-45(43)51/h3-4,6-19,22-27,29-32,34-35,38,53H,2,5,20-21,28,33H2,1H3/b4-3-,12-6-,13-7-,17-9-. The van der Waals surface area contributed by atoms with Crippen LogP contribution in [0.4, 0.5) is 5.82 Å². The van der Waals surface area contributed by atoms with Crippen LogP contribution in [0.2, 0.25) is 0 Å². The van der Waals surface area contributed by atoms with Crippen molar-refractivity contribution in [1.82, 2.24) is 9.55 Å². The van der Waals surface area contributed by atoms with Crippen LogP contribution in [0, 0.1) is 0 Å². The molecule has 0 bridgehead atoms. The number of rotatable bonds is 8. The third-order valence-electron chi connectivity index (χ3n) is 11.2. The van der Waals surface area contributed by atoms with Gasteiger partial charge >= 0.3 is 0 Å². The van der Waals surface area contributed by atoms with Crippen LogP contribution in [0.1, 0.15) is 53.6 Å². The summed E-state index contributed by atoms with van der Waals surface area (Å²) in [6.07, 6.45) is 34.6. The first-order chi connectivity index (χ1) is 27.2. The summed E-state index contributed by atoms with van der Waals surface area (Å²) in [5.74, 6) is 1.34. The van der Waals surface area contributed by atoms with Crippen molar-refractivity contribution >= 4 is 44.8 Å². The van der Waals surface area contributed by atoms with Crippen molar-refractivity contribution in [2.75, 3.05) is 11.9 Å². The molecule has 6 aromatic rings. The Morgan fingerprint density at radius 1 is 0.800 bits per heavy atom. The fraction of sp³-hybridized carbons (Fsp3) is 0.135. The number of fused-ring (bicyclic) bond motifs is 5. The van der Waals surface area contributed by atoms with Crippen molar-refractivity contribution in [2.45, 2.75) is 38.5 Å². The number of anilines is 1. The first-order valence-electron chi connectivity index (χ1n) is 19.5. The molecule has 1 N–H and O–H groups in total. The fourth-order valence-corrected chi connectivity index (χ4v) is 8.58. The molecule has 2 aromatic heterocycles. The number of nitrogens with one attached hydrogen (secondary N) is 1. The van der Waals surface area contributed by atoms with Crippen LogP contribution in [-0.4, -0.2) is 16.1 Å². The number of nitrogens with zero attached hydrogens (tertiary/aromatic N) is 2. The van der Waals surface area contributed by atoms with Crippen LogP contribution in [0.15, 0.2) is 171 Å². The third-order valence-corrected chi connectivity index (χ3v) is 11.2. The quantitative estimate of drug-likeness (QED) is 0.126. The Kier molecular flexibility index (Phi) is 9.44. The highest BCUT2D eigenvalue weighted by atomic mass is 15.1. The van der Waals surface area contributed by atoms with Crippen molar-refractivity contribution < 1.29 is 0 Å². The molecule has 0 saturated heterocycles. The summed E-state index contributed by atoms with van der Waals surface area (Å²) in [5, 5.41) is 7.41. The Hall–Kier alpha value is -6.45. The van der Waals surface area contributed by atoms with Crippen LogP contribution in [0.25, 0.3) is 61.3 Å². The summed E-state index contributed by atoms with van der Waals surface area (Å²) in [6.45, 7) is 7.29. The summed E-state index contributed by atoms with van der Waals surface area (Å²) >= 11 is 0. The summed E-state index contributed by atoms with van der Waals surface area (Å²) in [4.78, 5) is 5.15. The van der Waals surface area contributed by atoms with E-state index >= 15 is 0 Å². The number of allylic oxidation sites excluding steroid dienone is 13. The lowest BCUT2D eigenvalue weighted by Crippen LogP contribution is -2.08. The third kappa shape index (κ3) is 6.46. The normalized spacial score (nSPS) is 17.5. The van der Waals surface area contributed by atoms with Gasteiger partial charge in [0, 0.05) is 46.6 Å². The number of hydrogen-bond acceptors (Lipinski definition) is 2. The summed E-state index contributed by atoms with van der Waals surface area (Å²) in [5.41, 5.74) is 14.8. The van der Waals surface area contributed by atoms with Gasteiger partial charge in [-0.05, 0) is 107 Å². The van der Waals surface area contributed by atoms with E-state index in [1.165, 1.54) is 71.8 Å². The largest absolute Gasteiger partial charge is 0.367 e. The molecule has 0 saturated carbocycles. The van der Waals surface area contributed by atoms with E-state index in [0.29, 0.717) is 0 Å². The minimum absolute atomic E-state index is 0.228. The molecule has 1 unspecified atom stereocenters. The van der Waals surface area contributed by atoms with Gasteiger partial charge in [-0.15, -0.1) is 0 Å². The molecule has 0 radical (unpaired) electrons. The van der Waals surface area contributed by atoms with Gasteiger partial charge in [-0.1, -0.05) is 146 Å². The molecule has 3 nitrogen and oxygen atoms in total. The minimum Gasteiger partial charge on any atom is -0.367 e. The van der Waals surface area contributed by atoms with Crippen molar-refractivity contribution in [3.8, 4) is 22.3 Å². The van der Waals surface area contributed by atoms with Crippen molar-refractivity contribution in [2.24, 2.45) is 0 Å². The molecular formula is C52H45N3. The van der Waals surface area contributed by atoms with E-state index in [2.05, 4.69) is 194 Å². The van der Waals surface area contributed by atoms with Gasteiger partial charge in [-0.2, -0.15) is 0 Å². The minimum atomic E-state index is 0.228. The SMILES string of the molecule is C=C(/C=C\C/C=C\C)n1c2c(c3cc(C4=CCC(c5ccc(-c6c7c(c(-c8ccccc8)c8ccccc68)C/C=C\C=C/C7)cn5)C=C4)ccc31)C=CCN2. The molecule has 3 aliphatic rings. The molecule has 268 valence electrons. The predicted molar refractivity (Wildman–Crippen MR) is 236 cm³/mol. The van der Waals surface area contributed by atoms with Crippen molar-refractivity contribution in [1.29, 1.82) is 0 Å². The molecule has 55 heavy (non-hydrogen) atoms. The molecule has 0 amide bonds. The number of hydrogen-bond donors (Lipinski definition) is 1. The molecule has 1 atom stereocenters. The monoisotopic (exact) mass is 711 g/mol. The Balaban J connectivity index is 1.01. The van der Waals surface area contributed by atoms with E-state index in [-0.39, 0.29) is 5.92 Å². The second kappa shape index (κ2) is 15.1. The van der Waals surface area contributed by atoms with E-state index in [9.17, 15) is 0 Å². The predicted octanol–water partition coefficient (Wildman–Crippen LogP) is 13.3. The maximum absolute atomic E-state index is 5.15. The molecule has 1 aliphatic heterocycles. The van der Waals surface area contributed by atoms with Gasteiger partial charge in [-0.25, -0.2) is 0 Å². The van der Waals surface area contributed by atoms with E-state index in [1.807, 2.05) is 0 Å². The first-order valence-corrected chi connectivity index (χ1v) is 19.5. The van der Waals surface area contributed by atoms with Crippen molar-refractivity contribution in [3.63, 3.8) is 0 Å². The van der Waals surface area contributed by atoms with Gasteiger partial charge in [0.05, 0.1) is 5.52 Å². The zero-order valence-electron chi connectivity index (χ0n) is 31.4. The smallest absolute Gasteiger partial charge is 0.119 e. The number of pyridine rings is 1. The van der Waals surface area contributed by atoms with E-state index in [0.717, 1.165) is 49.4 Å². The first kappa shape index (κ1) is 34.3. The lowest BCUT2D eigenvalue weighted by atomic mass is 9.81. The Labute approximate surface area is 324 Å². The van der Waals surface area contributed by atoms with Crippen LogP contribution in [0.3, 0.4) is 0 Å². The second-order valence-electron chi connectivity index (χ2n) is 14.5. The van der Waals surface area contributed by atoms with Crippen LogP contribution < -0.4 is 5.32 Å². The summed E-state index contributed by atoms with van der Waals surface area (Å²) < 4.78 is 2.26. The lowest BCUT2D eigenvalue weighted by Gasteiger charge is -2.23. The highest BCUT2D eigenvalue weighted by Gasteiger charge is 2.23. The molecule has 4 aromatic carbocycles. The van der Waals surface area contributed by atoms with E-state index < -0.39 is 0 Å². The number of aromatic nitrogens is 2. The van der Waals surface area contributed by atoms with E-state index in [1.54, 1.807) is 0 Å². The number of benzene rings is 4. The molecule has 3 heterocycles. The van der Waals surface area contributed by atoms with Crippen LogP contribution >= 0.6 is 0 Å². The molecule has 2 aliphatic carbocycles. The zero-order valence-corrected chi connectivity index (χ0v) is 31.4.